The van der Waals surface area contributed by atoms with Crippen LogP contribution >= 0.6 is 0 Å². The van der Waals surface area contributed by atoms with Crippen molar-refractivity contribution in [2.75, 3.05) is 11.9 Å². The molecule has 0 aliphatic rings. The van der Waals surface area contributed by atoms with Gasteiger partial charge in [0.15, 0.2) is 0 Å². The van der Waals surface area contributed by atoms with E-state index in [9.17, 15) is 4.79 Å². The minimum Gasteiger partial charge on any atom is -0.494 e. The molecule has 0 radical (unpaired) electrons. The number of carbonyl (C=O) groups excluding carboxylic acids is 1. The topological polar surface area (TPSA) is 51.2 Å². The first kappa shape index (κ1) is 20.9. The molecule has 146 valence electrons. The molecule has 0 atom stereocenters. The third-order valence-electron chi connectivity index (χ3n) is 4.27. The summed E-state index contributed by atoms with van der Waals surface area (Å²) in [5, 5.41) is 2.90. The van der Waals surface area contributed by atoms with E-state index in [0.29, 0.717) is 5.82 Å². The molecule has 2 aromatic rings. The Bertz CT molecular complexity index is 718. The number of rotatable bonds is 9. The number of aromatic nitrogens is 1. The number of pyridine rings is 1. The van der Waals surface area contributed by atoms with Gasteiger partial charge in [0.05, 0.1) is 6.61 Å². The van der Waals surface area contributed by atoms with Crippen molar-refractivity contribution < 1.29 is 9.53 Å². The van der Waals surface area contributed by atoms with Crippen LogP contribution in [-0.2, 0) is 17.6 Å². The van der Waals surface area contributed by atoms with Crippen LogP contribution in [0, 0.1) is 5.41 Å². The number of nitrogens with zero attached hydrogens (tertiary/aromatic N) is 1. The molecule has 0 aliphatic heterocycles. The fraction of sp³-hybridized carbons (Fsp3) is 0.478. The normalized spacial score (nSPS) is 11.3. The van der Waals surface area contributed by atoms with E-state index in [1.54, 1.807) is 0 Å². The van der Waals surface area contributed by atoms with Gasteiger partial charge < -0.3 is 10.1 Å². The van der Waals surface area contributed by atoms with Gasteiger partial charge in [0, 0.05) is 11.1 Å². The van der Waals surface area contributed by atoms with Crippen LogP contribution in [0.1, 0.15) is 58.2 Å². The average molecular weight is 369 g/mol. The van der Waals surface area contributed by atoms with Crippen LogP contribution in [0.3, 0.4) is 0 Å². The van der Waals surface area contributed by atoms with Gasteiger partial charge in [0.25, 0.3) is 0 Å². The van der Waals surface area contributed by atoms with E-state index in [0.717, 1.165) is 50.2 Å². The van der Waals surface area contributed by atoms with Crippen molar-refractivity contribution in [3.05, 3.63) is 53.7 Å². The van der Waals surface area contributed by atoms with Gasteiger partial charge >= 0.3 is 0 Å². The number of ether oxygens (including phenoxy) is 1. The third kappa shape index (κ3) is 7.41. The molecule has 1 aromatic carbocycles. The summed E-state index contributed by atoms with van der Waals surface area (Å²) in [5.41, 5.74) is 1.93. The minimum atomic E-state index is -0.422. The van der Waals surface area contributed by atoms with Gasteiger partial charge in [-0.2, -0.15) is 0 Å². The van der Waals surface area contributed by atoms with Crippen LogP contribution in [-0.4, -0.2) is 17.5 Å². The van der Waals surface area contributed by atoms with Crippen LogP contribution in [0.15, 0.2) is 42.5 Å². The van der Waals surface area contributed by atoms with Gasteiger partial charge in [0.2, 0.25) is 5.91 Å². The fourth-order valence-electron chi connectivity index (χ4n) is 2.60. The van der Waals surface area contributed by atoms with E-state index in [1.807, 2.05) is 51.1 Å². The van der Waals surface area contributed by atoms with E-state index in [1.165, 1.54) is 5.56 Å². The highest BCUT2D eigenvalue weighted by molar-refractivity contribution is 5.93. The molecule has 27 heavy (non-hydrogen) atoms. The molecule has 1 N–H and O–H groups in total. The number of carbonyl (C=O) groups is 1. The molecule has 0 saturated heterocycles. The quantitative estimate of drug-likeness (QED) is 0.601. The van der Waals surface area contributed by atoms with E-state index < -0.39 is 5.41 Å². The predicted octanol–water partition coefficient (Wildman–Crippen LogP) is 5.42. The van der Waals surface area contributed by atoms with Crippen LogP contribution in [0.4, 0.5) is 5.82 Å². The standard InChI is InChI=1S/C23H32N2O2/c1-5-17-27-20-15-13-18(14-16-20)9-6-7-10-19-11-8-12-21(24-19)25-22(26)23(2,3)4/h8,11-16H,5-7,9-10,17H2,1-4H3,(H,24,25,26). The number of hydrogen-bond acceptors (Lipinski definition) is 3. The summed E-state index contributed by atoms with van der Waals surface area (Å²) in [6.07, 6.45) is 5.16. The molecule has 1 aromatic heterocycles. The van der Waals surface area contributed by atoms with Crippen LogP contribution < -0.4 is 10.1 Å². The minimum absolute atomic E-state index is 0.0153. The van der Waals surface area contributed by atoms with Crippen molar-refractivity contribution in [3.8, 4) is 5.75 Å². The number of nitrogens with one attached hydrogen (secondary N) is 1. The smallest absolute Gasteiger partial charge is 0.230 e. The van der Waals surface area contributed by atoms with E-state index in [-0.39, 0.29) is 5.91 Å². The van der Waals surface area contributed by atoms with Crippen LogP contribution in [0.25, 0.3) is 0 Å². The molecule has 4 heteroatoms. The number of hydrogen-bond donors (Lipinski definition) is 1. The lowest BCUT2D eigenvalue weighted by atomic mass is 9.96. The fourth-order valence-corrected chi connectivity index (χ4v) is 2.60. The van der Waals surface area contributed by atoms with Crippen molar-refractivity contribution in [1.82, 2.24) is 4.98 Å². The first-order valence-corrected chi connectivity index (χ1v) is 9.87. The average Bonchev–Trinajstić information content (AvgIpc) is 2.64. The zero-order valence-corrected chi connectivity index (χ0v) is 17.0. The van der Waals surface area contributed by atoms with Crippen molar-refractivity contribution in [2.45, 2.75) is 59.8 Å². The molecule has 2 rings (SSSR count). The van der Waals surface area contributed by atoms with E-state index in [2.05, 4.69) is 29.4 Å². The number of aryl methyl sites for hydroxylation is 2. The van der Waals surface area contributed by atoms with Gasteiger partial charge in [0.1, 0.15) is 11.6 Å². The van der Waals surface area contributed by atoms with Crippen LogP contribution in [0.5, 0.6) is 5.75 Å². The maximum absolute atomic E-state index is 12.1. The molecule has 0 spiro atoms. The first-order valence-electron chi connectivity index (χ1n) is 9.87. The first-order chi connectivity index (χ1) is 12.9. The van der Waals surface area contributed by atoms with Crippen molar-refractivity contribution in [1.29, 1.82) is 0 Å². The number of anilines is 1. The molecular weight excluding hydrogens is 336 g/mol. The number of benzene rings is 1. The summed E-state index contributed by atoms with van der Waals surface area (Å²) in [6.45, 7) is 8.57. The Labute approximate surface area is 163 Å². The van der Waals surface area contributed by atoms with Gasteiger partial charge in [-0.1, -0.05) is 45.9 Å². The maximum atomic E-state index is 12.1. The lowest BCUT2D eigenvalue weighted by molar-refractivity contribution is -0.123. The highest BCUT2D eigenvalue weighted by Gasteiger charge is 2.21. The number of amides is 1. The summed E-state index contributed by atoms with van der Waals surface area (Å²) in [4.78, 5) is 16.6. The summed E-state index contributed by atoms with van der Waals surface area (Å²) in [6, 6.07) is 14.2. The lowest BCUT2D eigenvalue weighted by Crippen LogP contribution is -2.28. The summed E-state index contributed by atoms with van der Waals surface area (Å²) >= 11 is 0. The van der Waals surface area contributed by atoms with E-state index >= 15 is 0 Å². The summed E-state index contributed by atoms with van der Waals surface area (Å²) < 4.78 is 5.61. The third-order valence-corrected chi connectivity index (χ3v) is 4.27. The Morgan fingerprint density at radius 3 is 2.41 bits per heavy atom. The molecule has 0 bridgehead atoms. The van der Waals surface area contributed by atoms with Gasteiger partial charge in [-0.15, -0.1) is 0 Å². The van der Waals surface area contributed by atoms with Gasteiger partial charge in [-0.3, -0.25) is 4.79 Å². The Balaban J connectivity index is 1.77. The highest BCUT2D eigenvalue weighted by atomic mass is 16.5. The summed E-state index contributed by atoms with van der Waals surface area (Å²) in [7, 11) is 0. The zero-order valence-electron chi connectivity index (χ0n) is 17.0. The molecule has 0 saturated carbocycles. The molecule has 0 unspecified atom stereocenters. The monoisotopic (exact) mass is 368 g/mol. The second kappa shape index (κ2) is 10.1. The molecule has 0 aliphatic carbocycles. The second-order valence-electron chi connectivity index (χ2n) is 7.92. The Kier molecular flexibility index (Phi) is 7.83. The Morgan fingerprint density at radius 2 is 1.74 bits per heavy atom. The molecule has 0 fully saturated rings. The molecule has 1 heterocycles. The number of unbranched alkanes of at least 4 members (excludes halogenated alkanes) is 1. The van der Waals surface area contributed by atoms with Crippen molar-refractivity contribution >= 4 is 11.7 Å². The zero-order chi connectivity index (χ0) is 19.7. The molecule has 4 nitrogen and oxygen atoms in total. The molecular formula is C23H32N2O2. The Hall–Kier alpha value is -2.36. The Morgan fingerprint density at radius 1 is 1.04 bits per heavy atom. The lowest BCUT2D eigenvalue weighted by Gasteiger charge is -2.17. The largest absolute Gasteiger partial charge is 0.494 e. The van der Waals surface area contributed by atoms with Crippen molar-refractivity contribution in [3.63, 3.8) is 0 Å². The predicted molar refractivity (Wildman–Crippen MR) is 111 cm³/mol. The molecule has 1 amide bonds. The SMILES string of the molecule is CCCOc1ccc(CCCCc2cccc(NC(=O)C(C)(C)C)n2)cc1. The maximum Gasteiger partial charge on any atom is 0.230 e. The van der Waals surface area contributed by atoms with Crippen molar-refractivity contribution in [2.24, 2.45) is 5.41 Å². The van der Waals surface area contributed by atoms with Gasteiger partial charge in [-0.05, 0) is 61.9 Å². The highest BCUT2D eigenvalue weighted by Crippen LogP contribution is 2.17. The van der Waals surface area contributed by atoms with Crippen LogP contribution in [0.2, 0.25) is 0 Å². The summed E-state index contributed by atoms with van der Waals surface area (Å²) in [5.74, 6) is 1.56. The van der Waals surface area contributed by atoms with Gasteiger partial charge in [-0.25, -0.2) is 4.98 Å². The second-order valence-corrected chi connectivity index (χ2v) is 7.92. The van der Waals surface area contributed by atoms with E-state index in [4.69, 9.17) is 4.74 Å².